The lowest BCUT2D eigenvalue weighted by molar-refractivity contribution is 0.790. The Morgan fingerprint density at radius 3 is 2.17 bits per heavy atom. The summed E-state index contributed by atoms with van der Waals surface area (Å²) in [5.41, 5.74) is 3.07. The third-order valence-electron chi connectivity index (χ3n) is 3.09. The van der Waals surface area contributed by atoms with Gasteiger partial charge in [-0.3, -0.25) is 4.98 Å². The Kier molecular flexibility index (Phi) is 8.36. The van der Waals surface area contributed by atoms with Gasteiger partial charge in [-0.05, 0) is 42.2 Å². The number of nitrogens with zero attached hydrogens (tertiary/aromatic N) is 1. The molecule has 0 bridgehead atoms. The highest BCUT2D eigenvalue weighted by Crippen LogP contribution is 2.20. The summed E-state index contributed by atoms with van der Waals surface area (Å²) >= 11 is 0. The molecule has 0 unspecified atom stereocenters. The van der Waals surface area contributed by atoms with Gasteiger partial charge in [0.2, 0.25) is 0 Å². The molecule has 0 saturated heterocycles. The molecule has 0 aliphatic heterocycles. The van der Waals surface area contributed by atoms with Gasteiger partial charge >= 0.3 is 0 Å². The van der Waals surface area contributed by atoms with Gasteiger partial charge in [0, 0.05) is 12.4 Å². The third kappa shape index (κ3) is 3.97. The Bertz CT molecular complexity index is 455. The van der Waals surface area contributed by atoms with E-state index in [4.69, 9.17) is 0 Å². The van der Waals surface area contributed by atoms with E-state index in [2.05, 4.69) is 31.8 Å². The van der Waals surface area contributed by atoms with Crippen molar-refractivity contribution in [1.29, 1.82) is 0 Å². The number of fused-ring (bicyclic) bond motifs is 1. The van der Waals surface area contributed by atoms with Gasteiger partial charge in [-0.2, -0.15) is 0 Å². The largest absolute Gasteiger partial charge is 0.264 e. The summed E-state index contributed by atoms with van der Waals surface area (Å²) in [6.07, 6.45) is 6.34. The van der Waals surface area contributed by atoms with Gasteiger partial charge in [-0.15, -0.1) is 0 Å². The van der Waals surface area contributed by atoms with Crippen molar-refractivity contribution < 1.29 is 0 Å². The minimum absolute atomic E-state index is 0.644. The first kappa shape index (κ1) is 16.9. The van der Waals surface area contributed by atoms with Gasteiger partial charge in [0.15, 0.2) is 0 Å². The van der Waals surface area contributed by atoms with E-state index < -0.39 is 0 Å². The maximum Gasteiger partial charge on any atom is 0.0345 e. The predicted molar refractivity (Wildman–Crippen MR) is 82.7 cm³/mol. The molecular formula is C17H29N. The number of pyridine rings is 1. The van der Waals surface area contributed by atoms with E-state index in [1.54, 1.807) is 5.57 Å². The van der Waals surface area contributed by atoms with Crippen molar-refractivity contribution in [1.82, 2.24) is 4.98 Å². The van der Waals surface area contributed by atoms with Crippen LogP contribution in [0.2, 0.25) is 0 Å². The fraction of sp³-hybridized carbons (Fsp3) is 0.588. The molecular weight excluding hydrogens is 218 g/mol. The van der Waals surface area contributed by atoms with Crippen LogP contribution in [0.3, 0.4) is 0 Å². The average Bonchev–Trinajstić information content (AvgIpc) is 2.43. The Morgan fingerprint density at radius 1 is 1.00 bits per heavy atom. The summed E-state index contributed by atoms with van der Waals surface area (Å²) in [7, 11) is 0. The number of rotatable bonds is 1. The van der Waals surface area contributed by atoms with Crippen LogP contribution in [0, 0.1) is 5.92 Å². The molecule has 0 radical (unpaired) electrons. The molecule has 18 heavy (non-hydrogen) atoms. The molecule has 0 N–H and O–H groups in total. The lowest BCUT2D eigenvalue weighted by Crippen LogP contribution is -2.33. The summed E-state index contributed by atoms with van der Waals surface area (Å²) in [6.45, 7) is 14.8. The Labute approximate surface area is 113 Å². The highest BCUT2D eigenvalue weighted by Gasteiger charge is 2.10. The molecule has 1 aromatic heterocycles. The molecule has 0 amide bonds. The van der Waals surface area contributed by atoms with E-state index >= 15 is 0 Å². The number of aromatic nitrogens is 1. The monoisotopic (exact) mass is 247 g/mol. The summed E-state index contributed by atoms with van der Waals surface area (Å²) in [5.74, 6) is 0.644. The number of hydrogen-bond acceptors (Lipinski definition) is 1. The van der Waals surface area contributed by atoms with Gasteiger partial charge in [0.25, 0.3) is 0 Å². The predicted octanol–water partition coefficient (Wildman–Crippen LogP) is 3.91. The van der Waals surface area contributed by atoms with Crippen LogP contribution in [0.5, 0.6) is 0 Å². The van der Waals surface area contributed by atoms with Crippen LogP contribution in [-0.2, 0) is 0 Å². The summed E-state index contributed by atoms with van der Waals surface area (Å²) in [6, 6.07) is 2.15. The fourth-order valence-corrected chi connectivity index (χ4v) is 2.21. The first-order valence-corrected chi connectivity index (χ1v) is 7.33. The molecule has 1 nitrogen and oxygen atoms in total. The Morgan fingerprint density at radius 2 is 1.61 bits per heavy atom. The van der Waals surface area contributed by atoms with E-state index in [1.807, 2.05) is 40.1 Å². The third-order valence-corrected chi connectivity index (χ3v) is 3.09. The lowest BCUT2D eigenvalue weighted by atomic mass is 9.89. The number of hydrogen-bond donors (Lipinski definition) is 0. The molecule has 0 saturated carbocycles. The zero-order valence-corrected chi connectivity index (χ0v) is 13.2. The van der Waals surface area contributed by atoms with Crippen LogP contribution < -0.4 is 10.4 Å². The van der Waals surface area contributed by atoms with Crippen LogP contribution in [-0.4, -0.2) is 4.98 Å². The molecule has 1 aliphatic rings. The first-order chi connectivity index (χ1) is 8.70. The molecule has 1 heterocycles. The molecule has 1 aromatic rings. The molecule has 1 aliphatic carbocycles. The van der Waals surface area contributed by atoms with Crippen LogP contribution in [0.15, 0.2) is 18.5 Å². The van der Waals surface area contributed by atoms with Crippen LogP contribution in [0.1, 0.15) is 61.3 Å². The maximum atomic E-state index is 4.23. The summed E-state index contributed by atoms with van der Waals surface area (Å²) in [4.78, 5) is 4.23. The van der Waals surface area contributed by atoms with Gasteiger partial charge < -0.3 is 0 Å². The molecule has 0 aromatic carbocycles. The molecule has 1 heteroatoms. The van der Waals surface area contributed by atoms with E-state index in [1.165, 1.54) is 28.9 Å². The zero-order chi connectivity index (χ0) is 14.1. The maximum absolute atomic E-state index is 4.23. The first-order valence-electron chi connectivity index (χ1n) is 7.33. The van der Waals surface area contributed by atoms with E-state index in [0.29, 0.717) is 5.92 Å². The smallest absolute Gasteiger partial charge is 0.0345 e. The molecule has 2 rings (SSSR count). The normalized spacial score (nSPS) is 13.1. The van der Waals surface area contributed by atoms with Crippen LogP contribution >= 0.6 is 0 Å². The summed E-state index contributed by atoms with van der Waals surface area (Å²) < 4.78 is 0. The van der Waals surface area contributed by atoms with Gasteiger partial charge in [-0.25, -0.2) is 0 Å². The van der Waals surface area contributed by atoms with Crippen LogP contribution in [0.4, 0.5) is 0 Å². The second kappa shape index (κ2) is 8.91. The molecule has 0 spiro atoms. The average molecular weight is 247 g/mol. The van der Waals surface area contributed by atoms with Gasteiger partial charge in [0.1, 0.15) is 0 Å². The van der Waals surface area contributed by atoms with Crippen LogP contribution in [0.25, 0.3) is 11.1 Å². The van der Waals surface area contributed by atoms with Crippen molar-refractivity contribution in [2.75, 3.05) is 0 Å². The quantitative estimate of drug-likeness (QED) is 0.733. The highest BCUT2D eigenvalue weighted by atomic mass is 14.6. The van der Waals surface area contributed by atoms with E-state index in [-0.39, 0.29) is 0 Å². The van der Waals surface area contributed by atoms with Gasteiger partial charge in [0.05, 0.1) is 0 Å². The van der Waals surface area contributed by atoms with E-state index in [9.17, 15) is 0 Å². The highest BCUT2D eigenvalue weighted by molar-refractivity contribution is 5.57. The second-order valence-electron chi connectivity index (χ2n) is 4.38. The molecule has 102 valence electrons. The standard InChI is InChI=1S/C13H17N.2C2H6/c1-9(2)11-5-4-10(3)12-6-7-14-8-13(11)12;2*1-2/h6-9H,4-5H2,1-3H3;2*1-2H3. The van der Waals surface area contributed by atoms with Crippen molar-refractivity contribution in [2.45, 2.75) is 61.3 Å². The Balaban J connectivity index is 0.000000659. The zero-order valence-electron chi connectivity index (χ0n) is 13.2. The van der Waals surface area contributed by atoms with Crippen molar-refractivity contribution >= 4 is 11.1 Å². The molecule has 0 fully saturated rings. The lowest BCUT2D eigenvalue weighted by Gasteiger charge is -2.16. The SMILES string of the molecule is CC.CC.CC1=c2ccncc2=C(C(C)C)CC1. The van der Waals surface area contributed by atoms with E-state index in [0.717, 1.165) is 0 Å². The minimum Gasteiger partial charge on any atom is -0.264 e. The Hall–Kier alpha value is -1.11. The van der Waals surface area contributed by atoms with Crippen molar-refractivity contribution in [3.05, 3.63) is 28.9 Å². The van der Waals surface area contributed by atoms with Gasteiger partial charge in [-0.1, -0.05) is 52.7 Å². The fourth-order valence-electron chi connectivity index (χ4n) is 2.21. The minimum atomic E-state index is 0.644. The second-order valence-corrected chi connectivity index (χ2v) is 4.38. The molecule has 0 atom stereocenters. The van der Waals surface area contributed by atoms with Crippen molar-refractivity contribution in [2.24, 2.45) is 5.92 Å². The van der Waals surface area contributed by atoms with Crippen molar-refractivity contribution in [3.63, 3.8) is 0 Å². The van der Waals surface area contributed by atoms with Crippen molar-refractivity contribution in [3.8, 4) is 0 Å². The summed E-state index contributed by atoms with van der Waals surface area (Å²) in [5, 5.41) is 2.79. The topological polar surface area (TPSA) is 12.9 Å².